The SMILES string of the molecule is CCOC(=O)[C@@H]1[C@H]2C(=O)N([C@H](C)CO)C(C(=O)Nc3c(C)cccc3Cl)C23CC[C@@]1(C)O3. The highest BCUT2D eigenvalue weighted by Crippen LogP contribution is 2.63. The van der Waals surface area contributed by atoms with Crippen LogP contribution in [0, 0.1) is 18.8 Å². The summed E-state index contributed by atoms with van der Waals surface area (Å²) in [6, 6.07) is 3.64. The van der Waals surface area contributed by atoms with E-state index in [0.717, 1.165) is 5.56 Å². The summed E-state index contributed by atoms with van der Waals surface area (Å²) in [5, 5.41) is 13.1. The van der Waals surface area contributed by atoms with Crippen LogP contribution in [0.5, 0.6) is 0 Å². The van der Waals surface area contributed by atoms with Crippen LogP contribution in [0.1, 0.15) is 39.2 Å². The molecule has 2 unspecified atom stereocenters. The lowest BCUT2D eigenvalue weighted by molar-refractivity contribution is -0.159. The number of para-hydroxylation sites is 1. The van der Waals surface area contributed by atoms with Crippen LogP contribution in [0.4, 0.5) is 5.69 Å². The number of amides is 2. The fourth-order valence-electron chi connectivity index (χ4n) is 5.80. The van der Waals surface area contributed by atoms with Crippen LogP contribution in [0.2, 0.25) is 5.02 Å². The third kappa shape index (κ3) is 3.15. The molecule has 2 N–H and O–H groups in total. The molecule has 0 aromatic heterocycles. The minimum Gasteiger partial charge on any atom is -0.466 e. The number of hydrogen-bond acceptors (Lipinski definition) is 6. The lowest BCUT2D eigenvalue weighted by Crippen LogP contribution is -2.55. The van der Waals surface area contributed by atoms with Gasteiger partial charge in [-0.3, -0.25) is 14.4 Å². The minimum absolute atomic E-state index is 0.186. The Morgan fingerprint density at radius 1 is 1.41 bits per heavy atom. The number of aliphatic hydroxyl groups is 1. The monoisotopic (exact) mass is 464 g/mol. The fraction of sp³-hybridized carbons (Fsp3) is 0.609. The van der Waals surface area contributed by atoms with Crippen molar-refractivity contribution >= 4 is 35.1 Å². The minimum atomic E-state index is -1.17. The first kappa shape index (κ1) is 23.0. The smallest absolute Gasteiger partial charge is 0.312 e. The molecule has 0 radical (unpaired) electrons. The highest BCUT2D eigenvalue weighted by atomic mass is 35.5. The van der Waals surface area contributed by atoms with E-state index in [-0.39, 0.29) is 19.1 Å². The summed E-state index contributed by atoms with van der Waals surface area (Å²) in [6.07, 6.45) is 0.973. The van der Waals surface area contributed by atoms with Crippen molar-refractivity contribution in [3.63, 3.8) is 0 Å². The van der Waals surface area contributed by atoms with Gasteiger partial charge in [-0.1, -0.05) is 23.7 Å². The second-order valence-corrected chi connectivity index (χ2v) is 9.58. The van der Waals surface area contributed by atoms with Gasteiger partial charge in [0.25, 0.3) is 0 Å². The number of nitrogens with zero attached hydrogens (tertiary/aromatic N) is 1. The first-order valence-corrected chi connectivity index (χ1v) is 11.3. The Labute approximate surface area is 192 Å². The van der Waals surface area contributed by atoms with Crippen molar-refractivity contribution in [3.8, 4) is 0 Å². The number of anilines is 1. The number of hydrogen-bond donors (Lipinski definition) is 2. The van der Waals surface area contributed by atoms with Gasteiger partial charge in [-0.15, -0.1) is 0 Å². The number of aliphatic hydroxyl groups excluding tert-OH is 1. The molecule has 3 fully saturated rings. The van der Waals surface area contributed by atoms with Gasteiger partial charge >= 0.3 is 5.97 Å². The molecule has 1 spiro atoms. The summed E-state index contributed by atoms with van der Waals surface area (Å²) in [5.41, 5.74) is -0.825. The zero-order valence-electron chi connectivity index (χ0n) is 18.7. The Bertz CT molecular complexity index is 950. The zero-order chi connectivity index (χ0) is 23.4. The van der Waals surface area contributed by atoms with Crippen LogP contribution >= 0.6 is 11.6 Å². The second-order valence-electron chi connectivity index (χ2n) is 9.18. The van der Waals surface area contributed by atoms with Gasteiger partial charge in [0.2, 0.25) is 11.8 Å². The summed E-state index contributed by atoms with van der Waals surface area (Å²) in [5.74, 6) is -2.97. The number of aryl methyl sites for hydroxylation is 1. The topological polar surface area (TPSA) is 105 Å². The molecule has 0 saturated carbocycles. The van der Waals surface area contributed by atoms with Gasteiger partial charge < -0.3 is 24.8 Å². The third-order valence-corrected chi connectivity index (χ3v) is 7.53. The quantitative estimate of drug-likeness (QED) is 0.626. The Morgan fingerprint density at radius 3 is 2.75 bits per heavy atom. The molecule has 3 aliphatic heterocycles. The van der Waals surface area contributed by atoms with Crippen molar-refractivity contribution < 1.29 is 29.0 Å². The molecular formula is C23H29ClN2O6. The Balaban J connectivity index is 1.78. The fourth-order valence-corrected chi connectivity index (χ4v) is 6.07. The number of likely N-dealkylation sites (tertiary alicyclic amines) is 1. The number of halogens is 1. The predicted molar refractivity (Wildman–Crippen MR) is 117 cm³/mol. The molecule has 32 heavy (non-hydrogen) atoms. The molecule has 4 rings (SSSR count). The van der Waals surface area contributed by atoms with Crippen LogP contribution < -0.4 is 5.32 Å². The van der Waals surface area contributed by atoms with Gasteiger partial charge in [0.1, 0.15) is 17.6 Å². The van der Waals surface area contributed by atoms with Gasteiger partial charge in [-0.2, -0.15) is 0 Å². The van der Waals surface area contributed by atoms with Crippen molar-refractivity contribution in [2.75, 3.05) is 18.5 Å². The molecule has 1 aromatic rings. The highest BCUT2D eigenvalue weighted by molar-refractivity contribution is 6.34. The largest absolute Gasteiger partial charge is 0.466 e. The van der Waals surface area contributed by atoms with E-state index in [1.165, 1.54) is 4.90 Å². The molecular weight excluding hydrogens is 436 g/mol. The standard InChI is InChI=1S/C23H29ClN2O6/c1-5-31-21(30)16-15-20(29)26(13(3)11-27)18(23(15)10-9-22(16,4)32-23)19(28)25-17-12(2)7-6-8-14(17)24/h6-8,13,15-16,18,27H,5,9-11H2,1-4H3,(H,25,28)/t13-,15+,16+,18?,22-,23?/m1/s1. The first-order chi connectivity index (χ1) is 15.1. The van der Waals surface area contributed by atoms with Crippen molar-refractivity contribution in [2.45, 2.75) is 63.8 Å². The molecule has 2 amide bonds. The van der Waals surface area contributed by atoms with Gasteiger partial charge in [0, 0.05) is 0 Å². The van der Waals surface area contributed by atoms with E-state index in [1.54, 1.807) is 26.0 Å². The summed E-state index contributed by atoms with van der Waals surface area (Å²) >= 11 is 6.32. The maximum Gasteiger partial charge on any atom is 0.312 e. The van der Waals surface area contributed by atoms with E-state index in [9.17, 15) is 19.5 Å². The van der Waals surface area contributed by atoms with Gasteiger partial charge in [0.05, 0.1) is 41.5 Å². The summed E-state index contributed by atoms with van der Waals surface area (Å²) in [6.45, 7) is 6.87. The Kier molecular flexibility index (Phi) is 5.76. The number of nitrogens with one attached hydrogen (secondary N) is 1. The maximum absolute atomic E-state index is 13.7. The highest BCUT2D eigenvalue weighted by Gasteiger charge is 2.78. The Morgan fingerprint density at radius 2 is 2.12 bits per heavy atom. The molecule has 3 aliphatic rings. The molecule has 6 atom stereocenters. The van der Waals surface area contributed by atoms with E-state index in [0.29, 0.717) is 23.6 Å². The lowest BCUT2D eigenvalue weighted by atomic mass is 9.66. The molecule has 3 saturated heterocycles. The molecule has 3 heterocycles. The number of fused-ring (bicyclic) bond motifs is 1. The average molecular weight is 465 g/mol. The number of rotatable bonds is 6. The predicted octanol–water partition coefficient (Wildman–Crippen LogP) is 2.30. The Hall–Kier alpha value is -2.16. The van der Waals surface area contributed by atoms with Crippen LogP contribution in [0.3, 0.4) is 0 Å². The zero-order valence-corrected chi connectivity index (χ0v) is 19.4. The maximum atomic E-state index is 13.7. The van der Waals surface area contributed by atoms with Crippen LogP contribution in [-0.2, 0) is 23.9 Å². The number of carbonyl (C=O) groups is 3. The first-order valence-electron chi connectivity index (χ1n) is 11.0. The summed E-state index contributed by atoms with van der Waals surface area (Å²) in [7, 11) is 0. The van der Waals surface area contributed by atoms with E-state index in [4.69, 9.17) is 21.1 Å². The molecule has 0 aliphatic carbocycles. The number of esters is 1. The van der Waals surface area contributed by atoms with Crippen LogP contribution in [0.15, 0.2) is 18.2 Å². The van der Waals surface area contributed by atoms with Crippen molar-refractivity contribution in [2.24, 2.45) is 11.8 Å². The number of carbonyl (C=O) groups excluding carboxylic acids is 3. The molecule has 2 bridgehead atoms. The second kappa shape index (κ2) is 8.01. The normalized spacial score (nSPS) is 33.9. The van der Waals surface area contributed by atoms with Crippen LogP contribution in [-0.4, -0.2) is 64.3 Å². The van der Waals surface area contributed by atoms with E-state index in [2.05, 4.69) is 5.32 Å². The average Bonchev–Trinajstić information content (AvgIpc) is 3.31. The van der Waals surface area contributed by atoms with Crippen molar-refractivity contribution in [3.05, 3.63) is 28.8 Å². The van der Waals surface area contributed by atoms with Crippen molar-refractivity contribution in [1.29, 1.82) is 0 Å². The summed E-state index contributed by atoms with van der Waals surface area (Å²) in [4.78, 5) is 41.6. The van der Waals surface area contributed by atoms with Crippen molar-refractivity contribution in [1.82, 2.24) is 4.90 Å². The van der Waals surface area contributed by atoms with Gasteiger partial charge in [-0.25, -0.2) is 0 Å². The van der Waals surface area contributed by atoms with E-state index < -0.39 is 47.0 Å². The van der Waals surface area contributed by atoms with E-state index in [1.807, 2.05) is 19.9 Å². The third-order valence-electron chi connectivity index (χ3n) is 7.21. The molecule has 1 aromatic carbocycles. The molecule has 8 nitrogen and oxygen atoms in total. The van der Waals surface area contributed by atoms with Gasteiger partial charge in [-0.05, 0) is 52.2 Å². The lowest BCUT2D eigenvalue weighted by Gasteiger charge is -2.35. The summed E-state index contributed by atoms with van der Waals surface area (Å²) < 4.78 is 11.7. The number of benzene rings is 1. The molecule has 9 heteroatoms. The molecule has 174 valence electrons. The van der Waals surface area contributed by atoms with E-state index >= 15 is 0 Å². The number of ether oxygens (including phenoxy) is 2. The van der Waals surface area contributed by atoms with Crippen LogP contribution in [0.25, 0.3) is 0 Å². The van der Waals surface area contributed by atoms with Gasteiger partial charge in [0.15, 0.2) is 0 Å².